The number of fused-ring (bicyclic) bond motifs is 2. The van der Waals surface area contributed by atoms with Crippen LogP contribution in [0.4, 0.5) is 0 Å². The first kappa shape index (κ1) is 10.9. The van der Waals surface area contributed by atoms with E-state index in [4.69, 9.17) is 9.84 Å². The van der Waals surface area contributed by atoms with Gasteiger partial charge in [-0.05, 0) is 37.5 Å². The first-order chi connectivity index (χ1) is 7.22. The predicted molar refractivity (Wildman–Crippen MR) is 56.6 cm³/mol. The van der Waals surface area contributed by atoms with Crippen molar-refractivity contribution in [2.75, 3.05) is 6.61 Å². The van der Waals surface area contributed by atoms with Crippen LogP contribution >= 0.6 is 0 Å². The number of hydrogen-bond acceptors (Lipinski definition) is 2. The summed E-state index contributed by atoms with van der Waals surface area (Å²) in [6.07, 6.45) is 5.54. The third-order valence-electron chi connectivity index (χ3n) is 3.94. The third kappa shape index (κ3) is 2.17. The minimum absolute atomic E-state index is 0.0824. The standard InChI is InChI=1S/C12H20O3/c1-2-3-4-15-11-7-8-5-9(11)6-10(8)12(13)14/h8-11H,2-7H2,1H3,(H,13,14). The van der Waals surface area contributed by atoms with Crippen LogP contribution in [0.3, 0.4) is 0 Å². The Morgan fingerprint density at radius 2 is 2.13 bits per heavy atom. The fraction of sp³-hybridized carbons (Fsp3) is 0.917. The van der Waals surface area contributed by atoms with E-state index < -0.39 is 5.97 Å². The average Bonchev–Trinajstić information content (AvgIpc) is 2.76. The Balaban J connectivity index is 1.79. The van der Waals surface area contributed by atoms with E-state index in [-0.39, 0.29) is 5.92 Å². The molecule has 2 aliphatic rings. The second-order valence-electron chi connectivity index (χ2n) is 4.93. The van der Waals surface area contributed by atoms with Crippen molar-refractivity contribution < 1.29 is 14.6 Å². The zero-order valence-electron chi connectivity index (χ0n) is 9.32. The lowest BCUT2D eigenvalue weighted by molar-refractivity contribution is -0.144. The van der Waals surface area contributed by atoms with E-state index in [2.05, 4.69) is 6.92 Å². The molecule has 3 nitrogen and oxygen atoms in total. The monoisotopic (exact) mass is 212 g/mol. The molecule has 2 bridgehead atoms. The molecule has 0 heterocycles. The number of carboxylic acid groups (broad SMARTS) is 1. The minimum atomic E-state index is -0.602. The van der Waals surface area contributed by atoms with Crippen LogP contribution in [0.25, 0.3) is 0 Å². The van der Waals surface area contributed by atoms with Crippen LogP contribution < -0.4 is 0 Å². The molecule has 4 unspecified atom stereocenters. The van der Waals surface area contributed by atoms with Gasteiger partial charge in [0.05, 0.1) is 12.0 Å². The number of hydrogen-bond donors (Lipinski definition) is 1. The molecule has 0 aromatic carbocycles. The number of aliphatic carboxylic acids is 1. The molecule has 86 valence electrons. The summed E-state index contributed by atoms with van der Waals surface area (Å²) in [5, 5.41) is 8.99. The quantitative estimate of drug-likeness (QED) is 0.711. The van der Waals surface area contributed by atoms with Gasteiger partial charge in [-0.1, -0.05) is 13.3 Å². The van der Waals surface area contributed by atoms with Gasteiger partial charge in [0.2, 0.25) is 0 Å². The lowest BCUT2D eigenvalue weighted by Gasteiger charge is -2.25. The number of carboxylic acids is 1. The van der Waals surface area contributed by atoms with Crippen molar-refractivity contribution in [1.82, 2.24) is 0 Å². The molecular weight excluding hydrogens is 192 g/mol. The molecule has 0 aromatic heterocycles. The van der Waals surface area contributed by atoms with Crippen LogP contribution in [-0.2, 0) is 9.53 Å². The zero-order chi connectivity index (χ0) is 10.8. The van der Waals surface area contributed by atoms with Crippen molar-refractivity contribution in [2.24, 2.45) is 17.8 Å². The summed E-state index contributed by atoms with van der Waals surface area (Å²) in [5.74, 6) is 0.225. The van der Waals surface area contributed by atoms with Crippen molar-refractivity contribution in [2.45, 2.75) is 45.1 Å². The zero-order valence-corrected chi connectivity index (χ0v) is 9.32. The van der Waals surface area contributed by atoms with Gasteiger partial charge >= 0.3 is 5.97 Å². The molecule has 0 aliphatic heterocycles. The molecule has 2 aliphatic carbocycles. The van der Waals surface area contributed by atoms with Gasteiger partial charge in [-0.25, -0.2) is 0 Å². The van der Waals surface area contributed by atoms with E-state index >= 15 is 0 Å². The highest BCUT2D eigenvalue weighted by molar-refractivity contribution is 5.71. The molecule has 2 rings (SSSR count). The average molecular weight is 212 g/mol. The van der Waals surface area contributed by atoms with E-state index in [0.29, 0.717) is 17.9 Å². The van der Waals surface area contributed by atoms with Gasteiger partial charge in [0.15, 0.2) is 0 Å². The molecule has 0 spiro atoms. The lowest BCUT2D eigenvalue weighted by Crippen LogP contribution is -2.29. The summed E-state index contributed by atoms with van der Waals surface area (Å²) in [6.45, 7) is 3.01. The highest BCUT2D eigenvalue weighted by Gasteiger charge is 2.49. The molecule has 0 saturated heterocycles. The molecule has 4 atom stereocenters. The van der Waals surface area contributed by atoms with Crippen LogP contribution in [0.1, 0.15) is 39.0 Å². The van der Waals surface area contributed by atoms with Crippen molar-refractivity contribution in [3.05, 3.63) is 0 Å². The number of carbonyl (C=O) groups is 1. The molecule has 0 radical (unpaired) electrons. The molecule has 2 saturated carbocycles. The maximum atomic E-state index is 10.9. The lowest BCUT2D eigenvalue weighted by atomic mass is 9.87. The SMILES string of the molecule is CCCCOC1CC2CC1CC2C(=O)O. The van der Waals surface area contributed by atoms with Crippen LogP contribution in [0.5, 0.6) is 0 Å². The number of ether oxygens (including phenoxy) is 1. The van der Waals surface area contributed by atoms with Crippen LogP contribution in [0.15, 0.2) is 0 Å². The van der Waals surface area contributed by atoms with E-state index in [0.717, 1.165) is 32.3 Å². The second kappa shape index (κ2) is 4.52. The minimum Gasteiger partial charge on any atom is -0.481 e. The number of unbranched alkanes of at least 4 members (excludes halogenated alkanes) is 1. The molecular formula is C12H20O3. The Morgan fingerprint density at radius 1 is 1.33 bits per heavy atom. The Hall–Kier alpha value is -0.570. The van der Waals surface area contributed by atoms with Gasteiger partial charge in [0.1, 0.15) is 0 Å². The molecule has 1 N–H and O–H groups in total. The van der Waals surface area contributed by atoms with Gasteiger partial charge in [-0.3, -0.25) is 4.79 Å². The van der Waals surface area contributed by atoms with Gasteiger partial charge in [-0.2, -0.15) is 0 Å². The Morgan fingerprint density at radius 3 is 2.67 bits per heavy atom. The van der Waals surface area contributed by atoms with Crippen molar-refractivity contribution >= 4 is 5.97 Å². The molecule has 0 aromatic rings. The fourth-order valence-corrected chi connectivity index (χ4v) is 3.11. The highest BCUT2D eigenvalue weighted by atomic mass is 16.5. The largest absolute Gasteiger partial charge is 0.481 e. The Kier molecular flexibility index (Phi) is 3.29. The summed E-state index contributed by atoms with van der Waals surface area (Å²) >= 11 is 0. The van der Waals surface area contributed by atoms with Crippen LogP contribution in [0.2, 0.25) is 0 Å². The maximum Gasteiger partial charge on any atom is 0.306 e. The smallest absolute Gasteiger partial charge is 0.306 e. The van der Waals surface area contributed by atoms with E-state index in [1.54, 1.807) is 0 Å². The molecule has 3 heteroatoms. The summed E-state index contributed by atoms with van der Waals surface area (Å²) in [4.78, 5) is 10.9. The summed E-state index contributed by atoms with van der Waals surface area (Å²) in [7, 11) is 0. The van der Waals surface area contributed by atoms with Crippen LogP contribution in [-0.4, -0.2) is 23.8 Å². The van der Waals surface area contributed by atoms with E-state index in [1.165, 1.54) is 6.42 Å². The number of rotatable bonds is 5. The predicted octanol–water partition coefficient (Wildman–Crippen LogP) is 2.30. The van der Waals surface area contributed by atoms with Gasteiger partial charge in [-0.15, -0.1) is 0 Å². The van der Waals surface area contributed by atoms with Gasteiger partial charge < -0.3 is 9.84 Å². The second-order valence-corrected chi connectivity index (χ2v) is 4.93. The fourth-order valence-electron chi connectivity index (χ4n) is 3.11. The summed E-state index contributed by atoms with van der Waals surface area (Å²) in [6, 6.07) is 0. The normalized spacial score (nSPS) is 38.5. The third-order valence-corrected chi connectivity index (χ3v) is 3.94. The Labute approximate surface area is 90.8 Å². The van der Waals surface area contributed by atoms with Gasteiger partial charge in [0.25, 0.3) is 0 Å². The molecule has 2 fully saturated rings. The molecule has 0 amide bonds. The Bertz CT molecular complexity index is 239. The first-order valence-corrected chi connectivity index (χ1v) is 6.06. The van der Waals surface area contributed by atoms with Gasteiger partial charge in [0, 0.05) is 6.61 Å². The molecule has 15 heavy (non-hydrogen) atoms. The summed E-state index contributed by atoms with van der Waals surface area (Å²) in [5.41, 5.74) is 0. The van der Waals surface area contributed by atoms with Crippen molar-refractivity contribution in [3.63, 3.8) is 0 Å². The topological polar surface area (TPSA) is 46.5 Å². The van der Waals surface area contributed by atoms with Crippen LogP contribution in [0, 0.1) is 17.8 Å². The summed E-state index contributed by atoms with van der Waals surface area (Å²) < 4.78 is 5.81. The van der Waals surface area contributed by atoms with E-state index in [1.807, 2.05) is 0 Å². The first-order valence-electron chi connectivity index (χ1n) is 6.06. The van der Waals surface area contributed by atoms with E-state index in [9.17, 15) is 4.79 Å². The van der Waals surface area contributed by atoms with Crippen molar-refractivity contribution in [3.8, 4) is 0 Å². The highest BCUT2D eigenvalue weighted by Crippen LogP contribution is 2.49. The van der Waals surface area contributed by atoms with Crippen molar-refractivity contribution in [1.29, 1.82) is 0 Å². The maximum absolute atomic E-state index is 10.9.